The zero-order chi connectivity index (χ0) is 12.1. The Hall–Kier alpha value is -1.86. The number of thiazole rings is 1. The molecule has 0 amide bonds. The summed E-state index contributed by atoms with van der Waals surface area (Å²) in [5, 5.41) is 13.1. The Kier molecular flexibility index (Phi) is 3.73. The third-order valence-electron chi connectivity index (χ3n) is 2.39. The summed E-state index contributed by atoms with van der Waals surface area (Å²) >= 11 is 1.72. The lowest BCUT2D eigenvalue weighted by molar-refractivity contribution is 1.09. The monoisotopic (exact) mass is 243 g/mol. The van der Waals surface area contributed by atoms with E-state index in [1.165, 1.54) is 4.88 Å². The summed E-state index contributed by atoms with van der Waals surface area (Å²) in [5.74, 6) is 0. The SMILES string of the molecule is CCc1cnc(CNc2cccc(C#N)c2)s1. The van der Waals surface area contributed by atoms with Crippen LogP contribution >= 0.6 is 11.3 Å². The molecule has 1 N–H and O–H groups in total. The van der Waals surface area contributed by atoms with Crippen molar-refractivity contribution in [3.8, 4) is 6.07 Å². The van der Waals surface area contributed by atoms with E-state index in [0.717, 1.165) is 17.1 Å². The zero-order valence-electron chi connectivity index (χ0n) is 9.60. The summed E-state index contributed by atoms with van der Waals surface area (Å²) in [6, 6.07) is 9.59. The first kappa shape index (κ1) is 11.6. The van der Waals surface area contributed by atoms with Crippen LogP contribution in [0.2, 0.25) is 0 Å². The van der Waals surface area contributed by atoms with Crippen molar-refractivity contribution in [1.82, 2.24) is 4.98 Å². The number of nitrogens with one attached hydrogen (secondary N) is 1. The average Bonchev–Trinajstić information content (AvgIpc) is 2.84. The molecular weight excluding hydrogens is 230 g/mol. The minimum absolute atomic E-state index is 0.670. The van der Waals surface area contributed by atoms with Crippen LogP contribution in [0, 0.1) is 11.3 Å². The van der Waals surface area contributed by atoms with Crippen molar-refractivity contribution in [3.05, 3.63) is 45.9 Å². The van der Waals surface area contributed by atoms with Gasteiger partial charge in [-0.25, -0.2) is 4.98 Å². The van der Waals surface area contributed by atoms with Gasteiger partial charge in [-0.05, 0) is 24.6 Å². The topological polar surface area (TPSA) is 48.7 Å². The fourth-order valence-corrected chi connectivity index (χ4v) is 2.27. The van der Waals surface area contributed by atoms with E-state index in [0.29, 0.717) is 12.1 Å². The predicted molar refractivity (Wildman–Crippen MR) is 70.0 cm³/mol. The van der Waals surface area contributed by atoms with Crippen molar-refractivity contribution in [1.29, 1.82) is 5.26 Å². The molecule has 0 aliphatic heterocycles. The van der Waals surface area contributed by atoms with Gasteiger partial charge in [0.15, 0.2) is 0 Å². The molecule has 1 heterocycles. The van der Waals surface area contributed by atoms with Gasteiger partial charge in [0.25, 0.3) is 0 Å². The van der Waals surface area contributed by atoms with Crippen LogP contribution in [0.1, 0.15) is 22.4 Å². The van der Waals surface area contributed by atoms with Gasteiger partial charge in [-0.3, -0.25) is 0 Å². The average molecular weight is 243 g/mol. The van der Waals surface area contributed by atoms with Crippen LogP contribution in [-0.4, -0.2) is 4.98 Å². The van der Waals surface area contributed by atoms with E-state index in [4.69, 9.17) is 5.26 Å². The lowest BCUT2D eigenvalue weighted by Crippen LogP contribution is -1.98. The molecule has 2 rings (SSSR count). The van der Waals surface area contributed by atoms with Crippen molar-refractivity contribution >= 4 is 17.0 Å². The molecule has 17 heavy (non-hydrogen) atoms. The highest BCUT2D eigenvalue weighted by Crippen LogP contribution is 2.16. The first-order chi connectivity index (χ1) is 8.31. The van der Waals surface area contributed by atoms with Crippen LogP contribution in [0.5, 0.6) is 0 Å². The Bertz CT molecular complexity index is 540. The van der Waals surface area contributed by atoms with Gasteiger partial charge in [-0.2, -0.15) is 5.26 Å². The normalized spacial score (nSPS) is 9.88. The van der Waals surface area contributed by atoms with Gasteiger partial charge < -0.3 is 5.32 Å². The van der Waals surface area contributed by atoms with Crippen LogP contribution in [0.4, 0.5) is 5.69 Å². The summed E-state index contributed by atoms with van der Waals surface area (Å²) in [6.07, 6.45) is 2.95. The van der Waals surface area contributed by atoms with Gasteiger partial charge in [0.05, 0.1) is 18.2 Å². The summed E-state index contributed by atoms with van der Waals surface area (Å²) in [6.45, 7) is 2.83. The lowest BCUT2D eigenvalue weighted by Gasteiger charge is -2.03. The van der Waals surface area contributed by atoms with Gasteiger partial charge >= 0.3 is 0 Å². The second kappa shape index (κ2) is 5.46. The number of aryl methyl sites for hydroxylation is 1. The summed E-state index contributed by atoms with van der Waals surface area (Å²) < 4.78 is 0. The van der Waals surface area contributed by atoms with E-state index in [1.807, 2.05) is 24.4 Å². The molecular formula is C13H13N3S. The summed E-state index contributed by atoms with van der Waals surface area (Å²) in [5.41, 5.74) is 1.63. The molecule has 0 fully saturated rings. The molecule has 4 heteroatoms. The Labute approximate surface area is 105 Å². The lowest BCUT2D eigenvalue weighted by atomic mass is 10.2. The second-order valence-electron chi connectivity index (χ2n) is 3.62. The first-order valence-electron chi connectivity index (χ1n) is 5.49. The number of nitriles is 1. The molecule has 0 aliphatic rings. The highest BCUT2D eigenvalue weighted by Gasteiger charge is 2.00. The van der Waals surface area contributed by atoms with E-state index in [-0.39, 0.29) is 0 Å². The molecule has 1 aromatic heterocycles. The van der Waals surface area contributed by atoms with Crippen molar-refractivity contribution < 1.29 is 0 Å². The maximum Gasteiger partial charge on any atom is 0.112 e. The highest BCUT2D eigenvalue weighted by molar-refractivity contribution is 7.11. The smallest absolute Gasteiger partial charge is 0.112 e. The van der Waals surface area contributed by atoms with Crippen molar-refractivity contribution in [2.24, 2.45) is 0 Å². The van der Waals surface area contributed by atoms with Crippen LogP contribution in [0.15, 0.2) is 30.5 Å². The molecule has 2 aromatic rings. The minimum Gasteiger partial charge on any atom is -0.378 e. The molecule has 0 saturated carbocycles. The van der Waals surface area contributed by atoms with E-state index in [9.17, 15) is 0 Å². The van der Waals surface area contributed by atoms with E-state index in [2.05, 4.69) is 23.3 Å². The molecule has 0 saturated heterocycles. The Morgan fingerprint density at radius 2 is 2.35 bits per heavy atom. The molecule has 1 aromatic carbocycles. The molecule has 0 unspecified atom stereocenters. The molecule has 0 atom stereocenters. The van der Waals surface area contributed by atoms with E-state index in [1.54, 1.807) is 17.4 Å². The number of hydrogen-bond donors (Lipinski definition) is 1. The van der Waals surface area contributed by atoms with Crippen LogP contribution in [0.25, 0.3) is 0 Å². The largest absolute Gasteiger partial charge is 0.378 e. The number of rotatable bonds is 4. The summed E-state index contributed by atoms with van der Waals surface area (Å²) in [4.78, 5) is 5.63. The number of hydrogen-bond acceptors (Lipinski definition) is 4. The molecule has 3 nitrogen and oxygen atoms in total. The molecule has 0 bridgehead atoms. The Morgan fingerprint density at radius 1 is 1.47 bits per heavy atom. The third kappa shape index (κ3) is 3.05. The maximum atomic E-state index is 8.79. The van der Waals surface area contributed by atoms with E-state index < -0.39 is 0 Å². The zero-order valence-corrected chi connectivity index (χ0v) is 10.4. The maximum absolute atomic E-state index is 8.79. The van der Waals surface area contributed by atoms with Gasteiger partial charge in [0.1, 0.15) is 5.01 Å². The molecule has 0 aliphatic carbocycles. The molecule has 0 spiro atoms. The van der Waals surface area contributed by atoms with Crippen LogP contribution < -0.4 is 5.32 Å². The third-order valence-corrected chi connectivity index (χ3v) is 3.53. The number of aromatic nitrogens is 1. The highest BCUT2D eigenvalue weighted by atomic mass is 32.1. The minimum atomic E-state index is 0.670. The van der Waals surface area contributed by atoms with Crippen molar-refractivity contribution in [2.75, 3.05) is 5.32 Å². The Balaban J connectivity index is 1.99. The molecule has 86 valence electrons. The van der Waals surface area contributed by atoms with Gasteiger partial charge in [0, 0.05) is 16.8 Å². The van der Waals surface area contributed by atoms with E-state index >= 15 is 0 Å². The molecule has 0 radical (unpaired) electrons. The quantitative estimate of drug-likeness (QED) is 0.897. The number of anilines is 1. The predicted octanol–water partition coefficient (Wildman–Crippen LogP) is 3.19. The number of benzene rings is 1. The van der Waals surface area contributed by atoms with Crippen molar-refractivity contribution in [2.45, 2.75) is 19.9 Å². The number of nitrogens with zero attached hydrogens (tertiary/aromatic N) is 2. The van der Waals surface area contributed by atoms with Gasteiger partial charge in [0.2, 0.25) is 0 Å². The summed E-state index contributed by atoms with van der Waals surface area (Å²) in [7, 11) is 0. The van der Waals surface area contributed by atoms with Crippen LogP contribution in [-0.2, 0) is 13.0 Å². The van der Waals surface area contributed by atoms with Gasteiger partial charge in [-0.15, -0.1) is 11.3 Å². The fourth-order valence-electron chi connectivity index (χ4n) is 1.47. The van der Waals surface area contributed by atoms with Gasteiger partial charge in [-0.1, -0.05) is 13.0 Å². The Morgan fingerprint density at radius 3 is 3.06 bits per heavy atom. The second-order valence-corrected chi connectivity index (χ2v) is 4.82. The standard InChI is InChI=1S/C13H13N3S/c1-2-12-8-16-13(17-12)9-15-11-5-3-4-10(6-11)7-14/h3-6,8,15H,2,9H2,1H3. The fraction of sp³-hybridized carbons (Fsp3) is 0.231. The first-order valence-corrected chi connectivity index (χ1v) is 6.31. The van der Waals surface area contributed by atoms with Crippen LogP contribution in [0.3, 0.4) is 0 Å². The van der Waals surface area contributed by atoms with Crippen molar-refractivity contribution in [3.63, 3.8) is 0 Å².